The average molecular weight is 1660 g/mol. The average Bonchev–Trinajstić information content (AvgIpc) is 1.61. The fraction of sp³-hybridized carbons (Fsp3) is 0.0222. The summed E-state index contributed by atoms with van der Waals surface area (Å²) in [5.74, 6) is 0. The zero-order valence-electron chi connectivity index (χ0n) is 61.8. The summed E-state index contributed by atoms with van der Waals surface area (Å²) in [7, 11) is -23.0. The van der Waals surface area contributed by atoms with E-state index in [0.717, 1.165) is 38.9 Å². The summed E-state index contributed by atoms with van der Waals surface area (Å²) in [5.41, 5.74) is 21.9. The number of hydrogen-bond donors (Lipinski definition) is 9. The number of aromatic amines is 4. The number of nitrogens with zero attached hydrogens (tertiary/aromatic N) is 4. The molecule has 6 aromatic heterocycles. The molecule has 0 saturated carbocycles. The van der Waals surface area contributed by atoms with Crippen molar-refractivity contribution in [2.45, 2.75) is 38.3 Å². The first-order chi connectivity index (χ1) is 56.4. The van der Waals surface area contributed by atoms with E-state index in [1.165, 1.54) is 72.8 Å². The molecule has 0 fully saturated rings. The second-order valence-electron chi connectivity index (χ2n) is 28.5. The van der Waals surface area contributed by atoms with Gasteiger partial charge in [-0.3, -0.25) is 22.8 Å². The van der Waals surface area contributed by atoms with Gasteiger partial charge in [-0.2, -0.15) is 42.1 Å². The topological polar surface area (TPSA) is 387 Å². The summed E-state index contributed by atoms with van der Waals surface area (Å²) in [6.07, 6.45) is 14.8. The van der Waals surface area contributed by atoms with Crippen LogP contribution in [0.4, 0.5) is 0 Å². The number of aromatic nitrogens is 8. The van der Waals surface area contributed by atoms with Crippen LogP contribution in [0.15, 0.2) is 261 Å². The maximum atomic E-state index is 12.5. The Hall–Kier alpha value is -13.5. The first kappa shape index (κ1) is 75.8. The summed E-state index contributed by atoms with van der Waals surface area (Å²) in [4.78, 5) is 34.4. The highest BCUT2D eigenvalue weighted by atomic mass is 32.2. The largest absolute Gasteiger partial charge is 0.354 e. The molecule has 18 rings (SSSR count). The second-order valence-corrected chi connectivity index (χ2v) is 35.6. The van der Waals surface area contributed by atoms with Crippen molar-refractivity contribution in [3.63, 3.8) is 0 Å². The van der Waals surface area contributed by atoms with Gasteiger partial charge in [0.25, 0.3) is 50.6 Å². The molecular weight excluding hydrogens is 1590 g/mol. The lowest BCUT2D eigenvalue weighted by Gasteiger charge is -2.12. The van der Waals surface area contributed by atoms with Crippen molar-refractivity contribution in [3.8, 4) is 100 Å². The van der Waals surface area contributed by atoms with Crippen molar-refractivity contribution >= 4 is 143 Å². The molecule has 0 aliphatic carbocycles. The van der Waals surface area contributed by atoms with Gasteiger partial charge in [0.1, 0.15) is 0 Å². The van der Waals surface area contributed by atoms with Gasteiger partial charge < -0.3 is 19.9 Å². The van der Waals surface area contributed by atoms with E-state index in [1.54, 1.807) is 66.7 Å². The Balaban J connectivity index is 0.827. The van der Waals surface area contributed by atoms with Crippen LogP contribution in [0, 0.1) is 13.8 Å². The minimum Gasteiger partial charge on any atom is -0.354 e. The highest BCUT2D eigenvalue weighted by Gasteiger charge is 2.26. The van der Waals surface area contributed by atoms with Gasteiger partial charge in [0.2, 0.25) is 0 Å². The van der Waals surface area contributed by atoms with Crippen LogP contribution in [0.3, 0.4) is 0 Å². The van der Waals surface area contributed by atoms with Gasteiger partial charge in [-0.25, -0.2) is 19.9 Å². The molecule has 0 saturated heterocycles. The van der Waals surface area contributed by atoms with Crippen molar-refractivity contribution in [2.24, 2.45) is 0 Å². The van der Waals surface area contributed by atoms with E-state index in [4.69, 9.17) is 19.9 Å². The van der Waals surface area contributed by atoms with Crippen LogP contribution < -0.4 is 0 Å². The van der Waals surface area contributed by atoms with Crippen LogP contribution in [0.25, 0.3) is 193 Å². The van der Waals surface area contributed by atoms with Crippen molar-refractivity contribution in [1.29, 1.82) is 0 Å². The van der Waals surface area contributed by atoms with Crippen molar-refractivity contribution in [2.75, 3.05) is 0 Å². The molecule has 14 aromatic rings. The number of fused-ring (bicyclic) bond motifs is 16. The van der Waals surface area contributed by atoms with Gasteiger partial charge in [-0.1, -0.05) is 133 Å². The Morgan fingerprint density at radius 1 is 0.212 bits per heavy atom. The standard InChI is InChI=1S/C90H62N8O15S5/c1-50-3-5-53(6-4-50)83-67-33-37-77(91-67)88(58-17-28-64(29-18-58)117(108,109)110)79-45-47-81(97-79)90(82-48-46-80(98-82)89(78-38-34-68(83)92-78)59-19-30-65(31-20-59)118(111,112)113)66-32-21-60(49-51(66)2)52-7-9-54(10-8-52)84-69-35-39-71(93-69)85(55-11-22-61(23-12-55)114(99,100)101)73-41-43-75(95-73)87(57-15-26-63(27-16-57)116(105,106)107)76-44-42-74(96-76)86(72-40-36-70(84)94-72)56-13-24-62(25-14-56)115(102,103)104/h3-49,91,93,96,98H,1-2H3,(H,99,100,101)(H,102,103,104)(H,105,106,107)(H,108,109,110)(H,111,112,113). The molecule has 0 spiro atoms. The molecule has 28 heteroatoms. The van der Waals surface area contributed by atoms with E-state index in [2.05, 4.69) is 26.0 Å². The summed E-state index contributed by atoms with van der Waals surface area (Å²) < 4.78 is 175. The molecule has 0 unspecified atom stereocenters. The number of aryl methyl sites for hydroxylation is 2. The van der Waals surface area contributed by atoms with E-state index in [9.17, 15) is 64.9 Å². The highest BCUT2D eigenvalue weighted by Crippen LogP contribution is 2.44. The maximum absolute atomic E-state index is 12.5. The Bertz CT molecular complexity index is 7630. The summed E-state index contributed by atoms with van der Waals surface area (Å²) in [5, 5.41) is 0. The van der Waals surface area contributed by atoms with Crippen LogP contribution in [0.5, 0.6) is 0 Å². The Kier molecular flexibility index (Phi) is 18.5. The molecule has 582 valence electrons. The minimum atomic E-state index is -4.62. The normalized spacial score (nSPS) is 12.9. The predicted molar refractivity (Wildman–Crippen MR) is 459 cm³/mol. The molecule has 16 bridgehead atoms. The van der Waals surface area contributed by atoms with Gasteiger partial charge in [0.15, 0.2) is 0 Å². The SMILES string of the molecule is Cc1ccc(-c2c3nc(c(-c4ccc(S(=O)(=O)O)cc4)c4ccc([nH]4)c(-c4ccc(-c5ccc(-c6c7nc(c(-c8ccc(S(=O)(=O)O)cc8)c8ccc([nH]8)c(-c8ccc(S(=O)(=O)O)cc8)c8nc(c(-c9ccc(S(=O)(=O)O)cc9)c9ccc6[nH]9)C=C8)C=C7)cc5)cc4C)c4nc(c(-c5ccc(S(=O)(=O)O)cc5)c5ccc2[nH]5)C=C4)C=C3)cc1. The number of rotatable bonds is 14. The van der Waals surface area contributed by atoms with E-state index >= 15 is 0 Å². The van der Waals surface area contributed by atoms with Crippen molar-refractivity contribution < 1.29 is 64.9 Å². The van der Waals surface area contributed by atoms with Crippen molar-refractivity contribution in [3.05, 3.63) is 293 Å². The summed E-state index contributed by atoms with van der Waals surface area (Å²) in [6.45, 7) is 3.99. The Morgan fingerprint density at radius 3 is 0.602 bits per heavy atom. The summed E-state index contributed by atoms with van der Waals surface area (Å²) in [6, 6.07) is 65.9. The highest BCUT2D eigenvalue weighted by molar-refractivity contribution is 7.86. The predicted octanol–water partition coefficient (Wildman–Crippen LogP) is 19.5. The lowest BCUT2D eigenvalue weighted by atomic mass is 9.93. The molecule has 0 amide bonds. The van der Waals surface area contributed by atoms with Gasteiger partial charge in [-0.05, 0) is 233 Å². The minimum absolute atomic E-state index is 0.292. The summed E-state index contributed by atoms with van der Waals surface area (Å²) >= 11 is 0. The number of hydrogen-bond acceptors (Lipinski definition) is 14. The van der Waals surface area contributed by atoms with Crippen LogP contribution in [0.1, 0.15) is 56.7 Å². The lowest BCUT2D eigenvalue weighted by Crippen LogP contribution is -1.97. The quantitative estimate of drug-likeness (QED) is 0.0457. The third kappa shape index (κ3) is 14.3. The second kappa shape index (κ2) is 28.7. The maximum Gasteiger partial charge on any atom is 0.294 e. The number of H-pyrrole nitrogens is 4. The zero-order chi connectivity index (χ0) is 82.1. The van der Waals surface area contributed by atoms with Crippen LogP contribution in [-0.4, -0.2) is 105 Å². The van der Waals surface area contributed by atoms with E-state index in [1.807, 2.05) is 153 Å². The number of benzene rings is 8. The van der Waals surface area contributed by atoms with Gasteiger partial charge >= 0.3 is 0 Å². The molecule has 9 N–H and O–H groups in total. The third-order valence-corrected chi connectivity index (χ3v) is 25.4. The van der Waals surface area contributed by atoms with Crippen LogP contribution >= 0.6 is 0 Å². The van der Waals surface area contributed by atoms with Crippen molar-refractivity contribution in [1.82, 2.24) is 39.9 Å². The van der Waals surface area contributed by atoms with Crippen LogP contribution in [0.2, 0.25) is 0 Å². The smallest absolute Gasteiger partial charge is 0.294 e. The Labute approximate surface area is 675 Å². The first-order valence-electron chi connectivity index (χ1n) is 36.4. The lowest BCUT2D eigenvalue weighted by molar-refractivity contribution is 0.481. The van der Waals surface area contributed by atoms with Gasteiger partial charge in [0.05, 0.1) is 70.0 Å². The molecule has 0 radical (unpaired) electrons. The molecule has 0 atom stereocenters. The fourth-order valence-corrected chi connectivity index (χ4v) is 17.9. The monoisotopic (exact) mass is 1650 g/mol. The molecule has 4 aliphatic rings. The van der Waals surface area contributed by atoms with Gasteiger partial charge in [0, 0.05) is 88.6 Å². The molecule has 23 nitrogen and oxygen atoms in total. The van der Waals surface area contributed by atoms with E-state index in [0.29, 0.717) is 162 Å². The van der Waals surface area contributed by atoms with E-state index in [-0.39, 0.29) is 24.5 Å². The molecule has 4 aliphatic heterocycles. The van der Waals surface area contributed by atoms with Gasteiger partial charge in [-0.15, -0.1) is 0 Å². The first-order valence-corrected chi connectivity index (χ1v) is 43.6. The third-order valence-electron chi connectivity index (χ3n) is 21.1. The molecule has 118 heavy (non-hydrogen) atoms. The zero-order valence-corrected chi connectivity index (χ0v) is 65.9. The molecule has 8 aromatic carbocycles. The van der Waals surface area contributed by atoms with E-state index < -0.39 is 50.6 Å². The fourth-order valence-electron chi connectivity index (χ4n) is 15.5. The number of nitrogens with one attached hydrogen (secondary N) is 4. The van der Waals surface area contributed by atoms with Crippen LogP contribution in [-0.2, 0) is 50.6 Å². The molecule has 10 heterocycles. The molecular formula is C90H62N8O15S5. The Morgan fingerprint density at radius 2 is 0.390 bits per heavy atom.